The number of hydrogen-bond acceptors (Lipinski definition) is 1. The van der Waals surface area contributed by atoms with E-state index in [0.717, 1.165) is 0 Å². The zero-order chi connectivity index (χ0) is 10.8. The van der Waals surface area contributed by atoms with Gasteiger partial charge in [0.25, 0.3) is 0 Å². The van der Waals surface area contributed by atoms with Crippen molar-refractivity contribution < 1.29 is 0 Å². The van der Waals surface area contributed by atoms with Crippen LogP contribution in [0.2, 0.25) is 0 Å². The largest absolute Gasteiger partial charge is 0.380 e. The normalized spacial score (nSPS) is 31.4. The first kappa shape index (κ1) is 11.4. The molecule has 0 amide bonds. The van der Waals surface area contributed by atoms with Crippen molar-refractivity contribution >= 4 is 0 Å². The van der Waals surface area contributed by atoms with Gasteiger partial charge in [-0.15, -0.1) is 0 Å². The smallest absolute Gasteiger partial charge is 0.0550 e. The summed E-state index contributed by atoms with van der Waals surface area (Å²) in [5.41, 5.74) is 2.84. The van der Waals surface area contributed by atoms with Crippen molar-refractivity contribution in [2.75, 3.05) is 0 Å². The van der Waals surface area contributed by atoms with Crippen LogP contribution in [0.1, 0.15) is 47.5 Å². The Morgan fingerprint density at radius 2 is 2.00 bits per heavy atom. The van der Waals surface area contributed by atoms with Gasteiger partial charge in [0.15, 0.2) is 0 Å². The van der Waals surface area contributed by atoms with Gasteiger partial charge >= 0.3 is 0 Å². The highest BCUT2D eigenvalue weighted by Gasteiger charge is 2.29. The Bertz CT molecular complexity index is 258. The maximum atomic E-state index is 3.64. The number of hydrogen-bond donors (Lipinski definition) is 1. The molecule has 1 aliphatic rings. The third-order valence-corrected chi connectivity index (χ3v) is 3.46. The SMILES string of the molecule is CC(C)=C(C)N[C@@]1(C)C=CCC[C@@H]1C. The van der Waals surface area contributed by atoms with E-state index in [2.05, 4.69) is 52.1 Å². The number of allylic oxidation sites excluding steroid dienone is 3. The van der Waals surface area contributed by atoms with Gasteiger partial charge in [0.1, 0.15) is 0 Å². The molecule has 80 valence electrons. The maximum absolute atomic E-state index is 3.64. The maximum Gasteiger partial charge on any atom is 0.0550 e. The summed E-state index contributed by atoms with van der Waals surface area (Å²) in [6.07, 6.45) is 7.14. The third kappa shape index (κ3) is 2.40. The van der Waals surface area contributed by atoms with Crippen molar-refractivity contribution in [2.45, 2.75) is 53.0 Å². The lowest BCUT2D eigenvalue weighted by molar-refractivity contribution is 0.302. The van der Waals surface area contributed by atoms with Gasteiger partial charge in [-0.1, -0.05) is 24.6 Å². The molecule has 1 aliphatic carbocycles. The summed E-state index contributed by atoms with van der Waals surface area (Å²) < 4.78 is 0. The minimum atomic E-state index is 0.152. The van der Waals surface area contributed by atoms with Crippen molar-refractivity contribution in [3.63, 3.8) is 0 Å². The Labute approximate surface area is 88.3 Å². The van der Waals surface area contributed by atoms with E-state index < -0.39 is 0 Å². The Hall–Kier alpha value is -0.720. The summed E-state index contributed by atoms with van der Waals surface area (Å²) in [6, 6.07) is 0. The molecule has 0 aromatic rings. The van der Waals surface area contributed by atoms with Crippen LogP contribution in [0.4, 0.5) is 0 Å². The standard InChI is InChI=1S/C13H23N/c1-10(2)12(4)14-13(5)9-7-6-8-11(13)3/h7,9,11,14H,6,8H2,1-5H3/t11-,13-/m0/s1. The van der Waals surface area contributed by atoms with E-state index in [9.17, 15) is 0 Å². The van der Waals surface area contributed by atoms with E-state index >= 15 is 0 Å². The van der Waals surface area contributed by atoms with Crippen LogP contribution in [0.5, 0.6) is 0 Å². The topological polar surface area (TPSA) is 12.0 Å². The van der Waals surface area contributed by atoms with Crippen LogP contribution in [0.15, 0.2) is 23.4 Å². The average molecular weight is 193 g/mol. The van der Waals surface area contributed by atoms with Crippen LogP contribution in [-0.2, 0) is 0 Å². The summed E-state index contributed by atoms with van der Waals surface area (Å²) in [7, 11) is 0. The highest BCUT2D eigenvalue weighted by Crippen LogP contribution is 2.29. The van der Waals surface area contributed by atoms with Gasteiger partial charge in [-0.3, -0.25) is 0 Å². The number of nitrogens with one attached hydrogen (secondary N) is 1. The molecule has 2 atom stereocenters. The predicted molar refractivity (Wildman–Crippen MR) is 63.1 cm³/mol. The van der Waals surface area contributed by atoms with E-state index in [-0.39, 0.29) is 5.54 Å². The van der Waals surface area contributed by atoms with Gasteiger partial charge in [-0.05, 0) is 46.5 Å². The number of rotatable bonds is 2. The Morgan fingerprint density at radius 3 is 2.50 bits per heavy atom. The molecule has 0 aliphatic heterocycles. The van der Waals surface area contributed by atoms with Crippen molar-refractivity contribution in [3.8, 4) is 0 Å². The summed E-state index contributed by atoms with van der Waals surface area (Å²) in [6.45, 7) is 11.1. The van der Waals surface area contributed by atoms with Crippen molar-refractivity contribution in [3.05, 3.63) is 23.4 Å². The van der Waals surface area contributed by atoms with E-state index in [4.69, 9.17) is 0 Å². The van der Waals surface area contributed by atoms with E-state index in [1.807, 2.05) is 0 Å². The fourth-order valence-electron chi connectivity index (χ4n) is 1.83. The molecular formula is C13H23N. The lowest BCUT2D eigenvalue weighted by atomic mass is 9.79. The molecular weight excluding hydrogens is 170 g/mol. The van der Waals surface area contributed by atoms with Crippen LogP contribution < -0.4 is 5.32 Å². The molecule has 0 heterocycles. The van der Waals surface area contributed by atoms with Crippen molar-refractivity contribution in [1.82, 2.24) is 5.32 Å². The molecule has 0 bridgehead atoms. The molecule has 0 aromatic carbocycles. The second-order valence-electron chi connectivity index (χ2n) is 4.91. The van der Waals surface area contributed by atoms with Gasteiger partial charge in [0, 0.05) is 5.70 Å². The second-order valence-corrected chi connectivity index (χ2v) is 4.91. The zero-order valence-electron chi connectivity index (χ0n) is 10.1. The summed E-state index contributed by atoms with van der Waals surface area (Å²) >= 11 is 0. The fraction of sp³-hybridized carbons (Fsp3) is 0.692. The first-order valence-corrected chi connectivity index (χ1v) is 5.55. The van der Waals surface area contributed by atoms with E-state index in [1.54, 1.807) is 0 Å². The van der Waals surface area contributed by atoms with Crippen molar-refractivity contribution in [1.29, 1.82) is 0 Å². The molecule has 1 rings (SSSR count). The van der Waals surface area contributed by atoms with Gasteiger partial charge in [0.05, 0.1) is 5.54 Å². The highest BCUT2D eigenvalue weighted by atomic mass is 15.0. The molecule has 1 N–H and O–H groups in total. The lowest BCUT2D eigenvalue weighted by Gasteiger charge is -2.38. The van der Waals surface area contributed by atoms with Crippen molar-refractivity contribution in [2.24, 2.45) is 5.92 Å². The van der Waals surface area contributed by atoms with E-state index in [1.165, 1.54) is 24.1 Å². The van der Waals surface area contributed by atoms with Gasteiger partial charge in [0.2, 0.25) is 0 Å². The minimum absolute atomic E-state index is 0.152. The van der Waals surface area contributed by atoms with Crippen LogP contribution in [0.25, 0.3) is 0 Å². The molecule has 0 aromatic heterocycles. The van der Waals surface area contributed by atoms with Crippen LogP contribution >= 0.6 is 0 Å². The lowest BCUT2D eigenvalue weighted by Crippen LogP contribution is -2.46. The molecule has 0 radical (unpaired) electrons. The Morgan fingerprint density at radius 1 is 1.36 bits per heavy atom. The third-order valence-electron chi connectivity index (χ3n) is 3.46. The Balaban J connectivity index is 2.79. The fourth-order valence-corrected chi connectivity index (χ4v) is 1.83. The summed E-state index contributed by atoms with van der Waals surface area (Å²) in [5.74, 6) is 0.710. The monoisotopic (exact) mass is 193 g/mol. The summed E-state index contributed by atoms with van der Waals surface area (Å²) in [5, 5.41) is 3.64. The molecule has 14 heavy (non-hydrogen) atoms. The van der Waals surface area contributed by atoms with Crippen LogP contribution in [0, 0.1) is 5.92 Å². The highest BCUT2D eigenvalue weighted by molar-refractivity contribution is 5.17. The van der Waals surface area contributed by atoms with Gasteiger partial charge in [-0.25, -0.2) is 0 Å². The Kier molecular flexibility index (Phi) is 3.41. The molecule has 1 nitrogen and oxygen atoms in total. The zero-order valence-corrected chi connectivity index (χ0v) is 10.1. The van der Waals surface area contributed by atoms with Gasteiger partial charge in [-0.2, -0.15) is 0 Å². The minimum Gasteiger partial charge on any atom is -0.380 e. The summed E-state index contributed by atoms with van der Waals surface area (Å²) in [4.78, 5) is 0. The molecule has 0 spiro atoms. The second kappa shape index (κ2) is 4.20. The molecule has 1 heteroatoms. The van der Waals surface area contributed by atoms with E-state index in [0.29, 0.717) is 5.92 Å². The van der Waals surface area contributed by atoms with Crippen LogP contribution in [0.3, 0.4) is 0 Å². The molecule has 0 fully saturated rings. The molecule has 0 saturated carbocycles. The molecule has 0 unspecified atom stereocenters. The molecule has 0 saturated heterocycles. The quantitative estimate of drug-likeness (QED) is 0.660. The van der Waals surface area contributed by atoms with Crippen LogP contribution in [-0.4, -0.2) is 5.54 Å². The van der Waals surface area contributed by atoms with Gasteiger partial charge < -0.3 is 5.32 Å². The first-order chi connectivity index (χ1) is 6.46. The predicted octanol–water partition coefficient (Wildman–Crippen LogP) is 3.63. The average Bonchev–Trinajstić information content (AvgIpc) is 2.10. The first-order valence-electron chi connectivity index (χ1n) is 5.55.